The first-order chi connectivity index (χ1) is 11.7. The van der Waals surface area contributed by atoms with Gasteiger partial charge in [0.25, 0.3) is 0 Å². The maximum absolute atomic E-state index is 11.1. The number of nitrogens with one attached hydrogen (secondary N) is 3. The number of rotatable bonds is 3. The third kappa shape index (κ3) is 2.73. The SMILES string of the molecule is Cc1nc2c(c(NCc3n[nH]c(=O)[nH]3)n1)Cc1ccccc1OC2. The molecule has 122 valence electrons. The monoisotopic (exact) mass is 324 g/mol. The molecule has 0 saturated heterocycles. The summed E-state index contributed by atoms with van der Waals surface area (Å²) in [4.78, 5) is 22.8. The van der Waals surface area contributed by atoms with Gasteiger partial charge in [-0.1, -0.05) is 18.2 Å². The Kier molecular flexibility index (Phi) is 3.49. The molecule has 24 heavy (non-hydrogen) atoms. The van der Waals surface area contributed by atoms with Gasteiger partial charge in [0.05, 0.1) is 12.2 Å². The summed E-state index contributed by atoms with van der Waals surface area (Å²) in [5, 5.41) is 9.49. The van der Waals surface area contributed by atoms with Crippen molar-refractivity contribution in [2.45, 2.75) is 26.5 Å². The molecule has 0 spiro atoms. The fraction of sp³-hybridized carbons (Fsp3) is 0.250. The van der Waals surface area contributed by atoms with Gasteiger partial charge >= 0.3 is 5.69 Å². The Morgan fingerprint density at radius 1 is 1.29 bits per heavy atom. The van der Waals surface area contributed by atoms with Gasteiger partial charge in [0, 0.05) is 12.0 Å². The molecule has 1 aliphatic rings. The van der Waals surface area contributed by atoms with E-state index in [-0.39, 0.29) is 5.69 Å². The summed E-state index contributed by atoms with van der Waals surface area (Å²) in [6, 6.07) is 7.95. The average molecular weight is 324 g/mol. The van der Waals surface area contributed by atoms with Crippen LogP contribution >= 0.6 is 0 Å². The van der Waals surface area contributed by atoms with Crippen LogP contribution in [0.5, 0.6) is 5.75 Å². The number of aryl methyl sites for hydroxylation is 1. The van der Waals surface area contributed by atoms with Crippen LogP contribution < -0.4 is 15.7 Å². The standard InChI is InChI=1S/C16H16N6O2/c1-9-18-12-8-24-13-5-3-2-4-10(13)6-11(12)15(19-9)17-7-14-20-16(23)22-21-14/h2-5H,6-8H2,1H3,(H,17,18,19)(H2,20,21,22,23). The zero-order valence-corrected chi connectivity index (χ0v) is 13.1. The number of para-hydroxylation sites is 1. The highest BCUT2D eigenvalue weighted by Gasteiger charge is 2.20. The van der Waals surface area contributed by atoms with Gasteiger partial charge in [-0.2, -0.15) is 5.10 Å². The molecule has 0 fully saturated rings. The molecule has 3 aromatic rings. The molecule has 0 bridgehead atoms. The van der Waals surface area contributed by atoms with Crippen LogP contribution in [0.15, 0.2) is 29.1 Å². The van der Waals surface area contributed by atoms with Crippen molar-refractivity contribution in [3.63, 3.8) is 0 Å². The van der Waals surface area contributed by atoms with Crippen molar-refractivity contribution < 1.29 is 4.74 Å². The van der Waals surface area contributed by atoms with E-state index in [9.17, 15) is 4.79 Å². The minimum Gasteiger partial charge on any atom is -0.487 e. The zero-order valence-electron chi connectivity index (χ0n) is 13.1. The summed E-state index contributed by atoms with van der Waals surface area (Å²) < 4.78 is 5.87. The van der Waals surface area contributed by atoms with Crippen LogP contribution in [-0.2, 0) is 19.6 Å². The topological polar surface area (TPSA) is 109 Å². The number of nitrogens with zero attached hydrogens (tertiary/aromatic N) is 3. The van der Waals surface area contributed by atoms with E-state index in [1.165, 1.54) is 0 Å². The number of hydrogen-bond acceptors (Lipinski definition) is 6. The van der Waals surface area contributed by atoms with Gasteiger partial charge in [-0.05, 0) is 18.6 Å². The van der Waals surface area contributed by atoms with Gasteiger partial charge in [-0.25, -0.2) is 19.9 Å². The largest absolute Gasteiger partial charge is 0.487 e. The lowest BCUT2D eigenvalue weighted by atomic mass is 10.0. The highest BCUT2D eigenvalue weighted by molar-refractivity contribution is 5.52. The van der Waals surface area contributed by atoms with E-state index in [0.29, 0.717) is 31.2 Å². The normalized spacial score (nSPS) is 12.7. The second-order valence-electron chi connectivity index (χ2n) is 5.60. The first kappa shape index (κ1) is 14.4. The molecule has 0 atom stereocenters. The molecule has 1 aliphatic heterocycles. The summed E-state index contributed by atoms with van der Waals surface area (Å²) >= 11 is 0. The third-order valence-electron chi connectivity index (χ3n) is 3.88. The molecule has 8 nitrogen and oxygen atoms in total. The van der Waals surface area contributed by atoms with Crippen molar-refractivity contribution in [3.05, 3.63) is 63.2 Å². The fourth-order valence-corrected chi connectivity index (χ4v) is 2.79. The lowest BCUT2D eigenvalue weighted by Crippen LogP contribution is -2.12. The van der Waals surface area contributed by atoms with Crippen LogP contribution in [0.4, 0.5) is 5.82 Å². The Labute approximate surface area is 137 Å². The predicted molar refractivity (Wildman–Crippen MR) is 86.9 cm³/mol. The van der Waals surface area contributed by atoms with Gasteiger partial charge < -0.3 is 10.1 Å². The van der Waals surface area contributed by atoms with Crippen molar-refractivity contribution in [2.24, 2.45) is 0 Å². The molecule has 0 unspecified atom stereocenters. The average Bonchev–Trinajstić information content (AvgIpc) is 2.89. The van der Waals surface area contributed by atoms with Gasteiger partial charge in [0.2, 0.25) is 0 Å². The molecule has 3 heterocycles. The molecule has 0 radical (unpaired) electrons. The van der Waals surface area contributed by atoms with Crippen molar-refractivity contribution in [1.82, 2.24) is 25.1 Å². The van der Waals surface area contributed by atoms with E-state index < -0.39 is 0 Å². The molecular weight excluding hydrogens is 308 g/mol. The van der Waals surface area contributed by atoms with E-state index in [0.717, 1.165) is 28.4 Å². The minimum absolute atomic E-state index is 0.327. The molecule has 3 N–H and O–H groups in total. The lowest BCUT2D eigenvalue weighted by molar-refractivity contribution is 0.302. The predicted octanol–water partition coefficient (Wildman–Crippen LogP) is 1.29. The van der Waals surface area contributed by atoms with Crippen LogP contribution in [0, 0.1) is 6.92 Å². The Bertz CT molecular complexity index is 946. The molecule has 0 saturated carbocycles. The van der Waals surface area contributed by atoms with Crippen LogP contribution in [0.2, 0.25) is 0 Å². The smallest absolute Gasteiger partial charge is 0.340 e. The van der Waals surface area contributed by atoms with Crippen molar-refractivity contribution in [1.29, 1.82) is 0 Å². The number of benzene rings is 1. The lowest BCUT2D eigenvalue weighted by Gasteiger charge is -2.12. The molecule has 1 aromatic carbocycles. The summed E-state index contributed by atoms with van der Waals surface area (Å²) in [6.07, 6.45) is 0.686. The van der Waals surface area contributed by atoms with Gasteiger partial charge in [-0.15, -0.1) is 0 Å². The molecular formula is C16H16N6O2. The maximum Gasteiger partial charge on any atom is 0.340 e. The first-order valence-electron chi connectivity index (χ1n) is 7.63. The van der Waals surface area contributed by atoms with Crippen LogP contribution in [0.3, 0.4) is 0 Å². The zero-order chi connectivity index (χ0) is 16.5. The third-order valence-corrected chi connectivity index (χ3v) is 3.88. The van der Waals surface area contributed by atoms with Crippen LogP contribution in [-0.4, -0.2) is 25.1 Å². The number of H-pyrrole nitrogens is 2. The summed E-state index contributed by atoms with van der Waals surface area (Å²) in [5.41, 5.74) is 2.65. The number of hydrogen-bond donors (Lipinski definition) is 3. The van der Waals surface area contributed by atoms with E-state index in [1.54, 1.807) is 0 Å². The second-order valence-corrected chi connectivity index (χ2v) is 5.60. The summed E-state index contributed by atoms with van der Waals surface area (Å²) in [5.74, 6) is 2.80. The van der Waals surface area contributed by atoms with Crippen molar-refractivity contribution in [2.75, 3.05) is 5.32 Å². The fourth-order valence-electron chi connectivity index (χ4n) is 2.79. The quantitative estimate of drug-likeness (QED) is 0.670. The highest BCUT2D eigenvalue weighted by atomic mass is 16.5. The van der Waals surface area contributed by atoms with Gasteiger partial charge in [0.15, 0.2) is 0 Å². The molecule has 8 heteroatoms. The maximum atomic E-state index is 11.1. The molecule has 0 amide bonds. The van der Waals surface area contributed by atoms with Gasteiger partial charge in [0.1, 0.15) is 29.8 Å². The van der Waals surface area contributed by atoms with E-state index in [2.05, 4.69) is 30.5 Å². The van der Waals surface area contributed by atoms with E-state index in [1.807, 2.05) is 31.2 Å². The number of aromatic amines is 2. The Balaban J connectivity index is 1.68. The molecule has 2 aromatic heterocycles. The molecule has 0 aliphatic carbocycles. The Morgan fingerprint density at radius 2 is 2.17 bits per heavy atom. The van der Waals surface area contributed by atoms with Crippen LogP contribution in [0.25, 0.3) is 0 Å². The molecule has 4 rings (SSSR count). The van der Waals surface area contributed by atoms with E-state index >= 15 is 0 Å². The Hall–Kier alpha value is -3.16. The summed E-state index contributed by atoms with van der Waals surface area (Å²) in [6.45, 7) is 2.62. The van der Waals surface area contributed by atoms with Crippen LogP contribution in [0.1, 0.15) is 28.5 Å². The van der Waals surface area contributed by atoms with E-state index in [4.69, 9.17) is 4.74 Å². The first-order valence-corrected chi connectivity index (χ1v) is 7.63. The Morgan fingerprint density at radius 3 is 3.00 bits per heavy atom. The summed E-state index contributed by atoms with van der Waals surface area (Å²) in [7, 11) is 0. The number of aromatic nitrogens is 5. The number of anilines is 1. The highest BCUT2D eigenvalue weighted by Crippen LogP contribution is 2.30. The van der Waals surface area contributed by atoms with Crippen molar-refractivity contribution >= 4 is 5.82 Å². The van der Waals surface area contributed by atoms with Gasteiger partial charge in [-0.3, -0.25) is 4.98 Å². The number of ether oxygens (including phenoxy) is 1. The second kappa shape index (κ2) is 5.80. The van der Waals surface area contributed by atoms with Crippen molar-refractivity contribution in [3.8, 4) is 5.75 Å². The minimum atomic E-state index is -0.327. The number of fused-ring (bicyclic) bond motifs is 2.